The van der Waals surface area contributed by atoms with Crippen LogP contribution in [0.3, 0.4) is 0 Å². The molecule has 18 heavy (non-hydrogen) atoms. The fraction of sp³-hybridized carbons (Fsp3) is 0.400. The molecule has 0 amide bonds. The smallest absolute Gasteiger partial charge is 0.303 e. The number of unbranched alkanes of at least 4 members (excludes halogenated alkanes) is 3. The molecule has 0 fully saturated rings. The molecule has 2 aromatic rings. The van der Waals surface area contributed by atoms with E-state index in [1.54, 1.807) is 0 Å². The average molecular weight is 245 g/mol. The zero-order valence-electron chi connectivity index (χ0n) is 10.5. The molecule has 0 saturated carbocycles. The molecular formula is C15H19NO2. The van der Waals surface area contributed by atoms with Gasteiger partial charge in [0.25, 0.3) is 0 Å². The number of rotatable bonds is 7. The number of nitrogens with one attached hydrogen (secondary N) is 1. The SMILES string of the molecule is O=C(O)CCCCCCc1c[nH]c2ccccc12. The van der Waals surface area contributed by atoms with Crippen molar-refractivity contribution in [3.63, 3.8) is 0 Å². The van der Waals surface area contributed by atoms with Crippen LogP contribution in [0.5, 0.6) is 0 Å². The summed E-state index contributed by atoms with van der Waals surface area (Å²) in [6.45, 7) is 0. The summed E-state index contributed by atoms with van der Waals surface area (Å²) in [7, 11) is 0. The molecule has 0 aliphatic carbocycles. The normalized spacial score (nSPS) is 10.9. The van der Waals surface area contributed by atoms with E-state index in [0.717, 1.165) is 32.1 Å². The molecule has 0 unspecified atom stereocenters. The second kappa shape index (κ2) is 6.24. The Morgan fingerprint density at radius 2 is 1.89 bits per heavy atom. The molecule has 1 aromatic heterocycles. The van der Waals surface area contributed by atoms with Crippen LogP contribution in [0.2, 0.25) is 0 Å². The van der Waals surface area contributed by atoms with Gasteiger partial charge in [-0.15, -0.1) is 0 Å². The summed E-state index contributed by atoms with van der Waals surface area (Å²) in [6.07, 6.45) is 7.48. The molecule has 0 aliphatic rings. The minimum atomic E-state index is -0.688. The van der Waals surface area contributed by atoms with Crippen molar-refractivity contribution < 1.29 is 9.90 Å². The van der Waals surface area contributed by atoms with Crippen LogP contribution in [-0.2, 0) is 11.2 Å². The number of para-hydroxylation sites is 1. The van der Waals surface area contributed by atoms with Crippen molar-refractivity contribution in [2.24, 2.45) is 0 Å². The van der Waals surface area contributed by atoms with Crippen molar-refractivity contribution in [3.05, 3.63) is 36.0 Å². The second-order valence-electron chi connectivity index (χ2n) is 4.67. The molecule has 2 N–H and O–H groups in total. The van der Waals surface area contributed by atoms with E-state index in [1.165, 1.54) is 16.5 Å². The number of carboxylic acid groups (broad SMARTS) is 1. The average Bonchev–Trinajstić information content (AvgIpc) is 2.77. The number of aliphatic carboxylic acids is 1. The van der Waals surface area contributed by atoms with Gasteiger partial charge in [0.1, 0.15) is 0 Å². The molecule has 3 heteroatoms. The van der Waals surface area contributed by atoms with Crippen LogP contribution in [0, 0.1) is 0 Å². The van der Waals surface area contributed by atoms with Crippen LogP contribution >= 0.6 is 0 Å². The summed E-state index contributed by atoms with van der Waals surface area (Å²) < 4.78 is 0. The van der Waals surface area contributed by atoms with Gasteiger partial charge in [-0.3, -0.25) is 4.79 Å². The van der Waals surface area contributed by atoms with E-state index in [-0.39, 0.29) is 0 Å². The molecule has 96 valence electrons. The number of carbonyl (C=O) groups is 1. The summed E-state index contributed by atoms with van der Waals surface area (Å²) >= 11 is 0. The van der Waals surface area contributed by atoms with Gasteiger partial charge in [0.05, 0.1) is 0 Å². The molecule has 2 rings (SSSR count). The van der Waals surface area contributed by atoms with Gasteiger partial charge in [0.15, 0.2) is 0 Å². The molecule has 0 radical (unpaired) electrons. The number of aryl methyl sites for hydroxylation is 1. The lowest BCUT2D eigenvalue weighted by atomic mass is 10.0. The van der Waals surface area contributed by atoms with Crippen LogP contribution in [0.15, 0.2) is 30.5 Å². The monoisotopic (exact) mass is 245 g/mol. The number of fused-ring (bicyclic) bond motifs is 1. The highest BCUT2D eigenvalue weighted by molar-refractivity contribution is 5.82. The van der Waals surface area contributed by atoms with Crippen molar-refractivity contribution >= 4 is 16.9 Å². The number of aromatic amines is 1. The molecule has 3 nitrogen and oxygen atoms in total. The maximum Gasteiger partial charge on any atom is 0.303 e. The van der Waals surface area contributed by atoms with Gasteiger partial charge in [0, 0.05) is 23.5 Å². The van der Waals surface area contributed by atoms with Gasteiger partial charge in [0.2, 0.25) is 0 Å². The largest absolute Gasteiger partial charge is 0.481 e. The van der Waals surface area contributed by atoms with Gasteiger partial charge < -0.3 is 10.1 Å². The molecule has 0 aliphatic heterocycles. The number of H-pyrrole nitrogens is 1. The molecule has 0 saturated heterocycles. The van der Waals surface area contributed by atoms with Crippen molar-refractivity contribution in [1.29, 1.82) is 0 Å². The molecule has 0 atom stereocenters. The highest BCUT2D eigenvalue weighted by atomic mass is 16.4. The third-order valence-corrected chi connectivity index (χ3v) is 3.26. The number of benzene rings is 1. The van der Waals surface area contributed by atoms with E-state index in [2.05, 4.69) is 29.4 Å². The van der Waals surface area contributed by atoms with Crippen molar-refractivity contribution in [3.8, 4) is 0 Å². The van der Waals surface area contributed by atoms with Crippen molar-refractivity contribution in [2.45, 2.75) is 38.5 Å². The van der Waals surface area contributed by atoms with E-state index in [1.807, 2.05) is 6.07 Å². The summed E-state index contributed by atoms with van der Waals surface area (Å²) in [6, 6.07) is 8.33. The van der Waals surface area contributed by atoms with Gasteiger partial charge in [-0.25, -0.2) is 0 Å². The van der Waals surface area contributed by atoms with E-state index in [0.29, 0.717) is 6.42 Å². The Bertz CT molecular complexity index is 516. The Labute approximate surface area is 107 Å². The Balaban J connectivity index is 1.75. The lowest BCUT2D eigenvalue weighted by Gasteiger charge is -2.00. The van der Waals surface area contributed by atoms with Gasteiger partial charge in [-0.1, -0.05) is 31.0 Å². The van der Waals surface area contributed by atoms with E-state index >= 15 is 0 Å². The fourth-order valence-electron chi connectivity index (χ4n) is 2.28. The quantitative estimate of drug-likeness (QED) is 0.730. The van der Waals surface area contributed by atoms with Crippen LogP contribution in [0.1, 0.15) is 37.7 Å². The molecule has 1 aromatic carbocycles. The lowest BCUT2D eigenvalue weighted by molar-refractivity contribution is -0.137. The molecule has 1 heterocycles. The predicted molar refractivity (Wildman–Crippen MR) is 72.7 cm³/mol. The first-order chi connectivity index (χ1) is 8.77. The maximum atomic E-state index is 10.4. The second-order valence-corrected chi connectivity index (χ2v) is 4.67. The van der Waals surface area contributed by atoms with Gasteiger partial charge in [-0.05, 0) is 30.9 Å². The minimum absolute atomic E-state index is 0.299. The standard InChI is InChI=1S/C15H19NO2/c17-15(18)10-4-2-1-3-7-12-11-16-14-9-6-5-8-13(12)14/h5-6,8-9,11,16H,1-4,7,10H2,(H,17,18). The van der Waals surface area contributed by atoms with Crippen molar-refractivity contribution in [2.75, 3.05) is 0 Å². The highest BCUT2D eigenvalue weighted by Crippen LogP contribution is 2.19. The van der Waals surface area contributed by atoms with E-state index < -0.39 is 5.97 Å². The van der Waals surface area contributed by atoms with Gasteiger partial charge in [-0.2, -0.15) is 0 Å². The fourth-order valence-corrected chi connectivity index (χ4v) is 2.28. The zero-order chi connectivity index (χ0) is 12.8. The Morgan fingerprint density at radius 3 is 2.72 bits per heavy atom. The maximum absolute atomic E-state index is 10.4. The minimum Gasteiger partial charge on any atom is -0.481 e. The number of hydrogen-bond acceptors (Lipinski definition) is 1. The number of carboxylic acids is 1. The Hall–Kier alpha value is -1.77. The first-order valence-corrected chi connectivity index (χ1v) is 6.54. The number of aromatic nitrogens is 1. The summed E-state index contributed by atoms with van der Waals surface area (Å²) in [5, 5.41) is 9.84. The number of hydrogen-bond donors (Lipinski definition) is 2. The van der Waals surface area contributed by atoms with Gasteiger partial charge >= 0.3 is 5.97 Å². The Morgan fingerprint density at radius 1 is 1.11 bits per heavy atom. The van der Waals surface area contributed by atoms with Crippen LogP contribution in [0.25, 0.3) is 10.9 Å². The first-order valence-electron chi connectivity index (χ1n) is 6.54. The molecule has 0 bridgehead atoms. The topological polar surface area (TPSA) is 53.1 Å². The summed E-state index contributed by atoms with van der Waals surface area (Å²) in [5.41, 5.74) is 2.56. The molecular weight excluding hydrogens is 226 g/mol. The predicted octanol–water partition coefficient (Wildman–Crippen LogP) is 3.75. The van der Waals surface area contributed by atoms with Crippen LogP contribution < -0.4 is 0 Å². The van der Waals surface area contributed by atoms with Crippen LogP contribution in [-0.4, -0.2) is 16.1 Å². The van der Waals surface area contributed by atoms with E-state index in [4.69, 9.17) is 5.11 Å². The third kappa shape index (κ3) is 3.36. The van der Waals surface area contributed by atoms with Crippen LogP contribution in [0.4, 0.5) is 0 Å². The van der Waals surface area contributed by atoms with E-state index in [9.17, 15) is 4.79 Å². The van der Waals surface area contributed by atoms with Crippen molar-refractivity contribution in [1.82, 2.24) is 4.98 Å². The zero-order valence-corrected chi connectivity index (χ0v) is 10.5. The molecule has 0 spiro atoms. The Kier molecular flexibility index (Phi) is 4.40. The summed E-state index contributed by atoms with van der Waals surface area (Å²) in [5.74, 6) is -0.688. The third-order valence-electron chi connectivity index (χ3n) is 3.26. The first kappa shape index (κ1) is 12.7. The summed E-state index contributed by atoms with van der Waals surface area (Å²) in [4.78, 5) is 13.6. The lowest BCUT2D eigenvalue weighted by Crippen LogP contribution is -1.93. The highest BCUT2D eigenvalue weighted by Gasteiger charge is 2.02.